The molecule has 0 N–H and O–H groups in total. The van der Waals surface area contributed by atoms with E-state index in [4.69, 9.17) is 5.26 Å². The lowest BCUT2D eigenvalue weighted by atomic mass is 10.1. The lowest BCUT2D eigenvalue weighted by Crippen LogP contribution is -2.37. The van der Waals surface area contributed by atoms with Crippen molar-refractivity contribution in [1.82, 2.24) is 9.80 Å². The van der Waals surface area contributed by atoms with Gasteiger partial charge in [-0.15, -0.1) is 0 Å². The van der Waals surface area contributed by atoms with E-state index in [-0.39, 0.29) is 5.92 Å². The highest BCUT2D eigenvalue weighted by Gasteiger charge is 2.33. The number of likely N-dealkylation sites (tertiary alicyclic amines) is 2. The number of nitrogens with zero attached hydrogens (tertiary/aromatic N) is 3. The second-order valence-corrected chi connectivity index (χ2v) is 5.14. The Kier molecular flexibility index (Phi) is 3.28. The minimum Gasteiger partial charge on any atom is -0.299 e. The molecule has 0 aromatic carbocycles. The summed E-state index contributed by atoms with van der Waals surface area (Å²) in [5.41, 5.74) is 0. The monoisotopic (exact) mass is 207 g/mol. The fraction of sp³-hybridized carbons (Fsp3) is 0.917. The standard InChI is InChI=1S/C12H21N3/c1-10(2)14-6-4-12(9-14)15-5-3-11(7-13)8-15/h10-12H,3-6,8-9H2,1-2H3. The van der Waals surface area contributed by atoms with E-state index in [9.17, 15) is 0 Å². The maximum Gasteiger partial charge on any atom is 0.0669 e. The third-order valence-electron chi connectivity index (χ3n) is 3.84. The summed E-state index contributed by atoms with van der Waals surface area (Å²) < 4.78 is 0. The molecule has 2 unspecified atom stereocenters. The third-order valence-corrected chi connectivity index (χ3v) is 3.84. The molecule has 0 amide bonds. The lowest BCUT2D eigenvalue weighted by molar-refractivity contribution is 0.211. The van der Waals surface area contributed by atoms with Crippen molar-refractivity contribution in [1.29, 1.82) is 5.26 Å². The molecule has 2 aliphatic heterocycles. The van der Waals surface area contributed by atoms with Gasteiger partial charge in [0, 0.05) is 31.7 Å². The molecule has 2 heterocycles. The Morgan fingerprint density at radius 2 is 2.00 bits per heavy atom. The van der Waals surface area contributed by atoms with Crippen LogP contribution in [0.1, 0.15) is 26.7 Å². The van der Waals surface area contributed by atoms with Crippen molar-refractivity contribution in [3.63, 3.8) is 0 Å². The molecule has 0 saturated carbocycles. The zero-order valence-electron chi connectivity index (χ0n) is 9.82. The predicted molar refractivity (Wildman–Crippen MR) is 60.4 cm³/mol. The highest BCUT2D eigenvalue weighted by molar-refractivity contribution is 4.95. The molecule has 0 radical (unpaired) electrons. The van der Waals surface area contributed by atoms with Crippen LogP contribution in [0.25, 0.3) is 0 Å². The van der Waals surface area contributed by atoms with Gasteiger partial charge in [-0.1, -0.05) is 0 Å². The van der Waals surface area contributed by atoms with Gasteiger partial charge in [-0.3, -0.25) is 9.80 Å². The molecule has 3 heteroatoms. The average molecular weight is 207 g/mol. The van der Waals surface area contributed by atoms with Crippen LogP contribution in [0.15, 0.2) is 0 Å². The third kappa shape index (κ3) is 2.32. The summed E-state index contributed by atoms with van der Waals surface area (Å²) in [6, 6.07) is 3.78. The van der Waals surface area contributed by atoms with Gasteiger partial charge < -0.3 is 0 Å². The van der Waals surface area contributed by atoms with Crippen LogP contribution in [-0.4, -0.2) is 48.1 Å². The fourth-order valence-electron chi connectivity index (χ4n) is 2.76. The highest BCUT2D eigenvalue weighted by Crippen LogP contribution is 2.24. The van der Waals surface area contributed by atoms with Crippen molar-refractivity contribution in [2.24, 2.45) is 5.92 Å². The van der Waals surface area contributed by atoms with Crippen molar-refractivity contribution in [3.8, 4) is 6.07 Å². The summed E-state index contributed by atoms with van der Waals surface area (Å²) in [6.07, 6.45) is 2.37. The van der Waals surface area contributed by atoms with Crippen molar-refractivity contribution < 1.29 is 0 Å². The van der Waals surface area contributed by atoms with Gasteiger partial charge in [0.1, 0.15) is 0 Å². The molecule has 2 rings (SSSR count). The van der Waals surface area contributed by atoms with E-state index in [1.54, 1.807) is 0 Å². The topological polar surface area (TPSA) is 30.3 Å². The Labute approximate surface area is 92.7 Å². The zero-order valence-corrected chi connectivity index (χ0v) is 9.82. The van der Waals surface area contributed by atoms with Gasteiger partial charge in [0.2, 0.25) is 0 Å². The van der Waals surface area contributed by atoms with Crippen LogP contribution in [-0.2, 0) is 0 Å². The molecule has 0 bridgehead atoms. The normalized spacial score (nSPS) is 33.7. The molecule has 2 fully saturated rings. The number of rotatable bonds is 2. The molecule has 2 atom stereocenters. The Hall–Kier alpha value is -0.590. The van der Waals surface area contributed by atoms with Crippen LogP contribution in [0.2, 0.25) is 0 Å². The first kappa shape index (κ1) is 10.9. The lowest BCUT2D eigenvalue weighted by Gasteiger charge is -2.25. The van der Waals surface area contributed by atoms with E-state index < -0.39 is 0 Å². The van der Waals surface area contributed by atoms with Gasteiger partial charge in [0.15, 0.2) is 0 Å². The predicted octanol–water partition coefficient (Wildman–Crippen LogP) is 1.31. The summed E-state index contributed by atoms with van der Waals surface area (Å²) in [5.74, 6) is 0.290. The smallest absolute Gasteiger partial charge is 0.0669 e. The summed E-state index contributed by atoms with van der Waals surface area (Å²) in [6.45, 7) is 9.11. The molecule has 84 valence electrons. The van der Waals surface area contributed by atoms with Crippen LogP contribution in [0.4, 0.5) is 0 Å². The summed E-state index contributed by atoms with van der Waals surface area (Å²) in [4.78, 5) is 5.07. The Balaban J connectivity index is 1.85. The van der Waals surface area contributed by atoms with Crippen molar-refractivity contribution in [2.75, 3.05) is 26.2 Å². The van der Waals surface area contributed by atoms with Gasteiger partial charge in [0.05, 0.1) is 12.0 Å². The molecule has 3 nitrogen and oxygen atoms in total. The average Bonchev–Trinajstić information content (AvgIpc) is 2.86. The first-order chi connectivity index (χ1) is 7.20. The molecule has 0 aromatic heterocycles. The molecular weight excluding hydrogens is 186 g/mol. The quantitative estimate of drug-likeness (QED) is 0.684. The Morgan fingerprint density at radius 1 is 1.20 bits per heavy atom. The minimum atomic E-state index is 0.290. The van der Waals surface area contributed by atoms with Crippen LogP contribution in [0.3, 0.4) is 0 Å². The SMILES string of the molecule is CC(C)N1CCC(N2CCC(C#N)C2)C1. The van der Waals surface area contributed by atoms with Gasteiger partial charge >= 0.3 is 0 Å². The summed E-state index contributed by atoms with van der Waals surface area (Å²) in [5, 5.41) is 8.88. The molecule has 0 aliphatic carbocycles. The van der Waals surface area contributed by atoms with Crippen LogP contribution >= 0.6 is 0 Å². The van der Waals surface area contributed by atoms with E-state index in [0.717, 1.165) is 19.5 Å². The maximum atomic E-state index is 8.88. The molecule has 15 heavy (non-hydrogen) atoms. The van der Waals surface area contributed by atoms with E-state index in [0.29, 0.717) is 12.1 Å². The first-order valence-corrected chi connectivity index (χ1v) is 6.08. The van der Waals surface area contributed by atoms with Crippen molar-refractivity contribution >= 4 is 0 Å². The van der Waals surface area contributed by atoms with Gasteiger partial charge in [0.25, 0.3) is 0 Å². The van der Waals surface area contributed by atoms with Gasteiger partial charge in [-0.25, -0.2) is 0 Å². The van der Waals surface area contributed by atoms with Crippen LogP contribution in [0.5, 0.6) is 0 Å². The van der Waals surface area contributed by atoms with Crippen LogP contribution < -0.4 is 0 Å². The Morgan fingerprint density at radius 3 is 2.53 bits per heavy atom. The number of hydrogen-bond acceptors (Lipinski definition) is 3. The molecule has 2 aliphatic rings. The maximum absolute atomic E-state index is 8.88. The van der Waals surface area contributed by atoms with Crippen molar-refractivity contribution in [2.45, 2.75) is 38.8 Å². The molecular formula is C12H21N3. The zero-order chi connectivity index (χ0) is 10.8. The van der Waals surface area contributed by atoms with E-state index in [2.05, 4.69) is 29.7 Å². The van der Waals surface area contributed by atoms with Gasteiger partial charge in [-0.2, -0.15) is 5.26 Å². The van der Waals surface area contributed by atoms with Crippen LogP contribution in [0, 0.1) is 17.2 Å². The van der Waals surface area contributed by atoms with Gasteiger partial charge in [-0.05, 0) is 33.2 Å². The number of nitriles is 1. The summed E-state index contributed by atoms with van der Waals surface area (Å²) in [7, 11) is 0. The Bertz CT molecular complexity index is 256. The largest absolute Gasteiger partial charge is 0.299 e. The van der Waals surface area contributed by atoms with Crippen molar-refractivity contribution in [3.05, 3.63) is 0 Å². The molecule has 0 aromatic rings. The highest BCUT2D eigenvalue weighted by atomic mass is 15.3. The van der Waals surface area contributed by atoms with E-state index in [1.165, 1.54) is 19.5 Å². The first-order valence-electron chi connectivity index (χ1n) is 6.08. The number of hydrogen-bond donors (Lipinski definition) is 0. The molecule has 2 saturated heterocycles. The summed E-state index contributed by atoms with van der Waals surface area (Å²) >= 11 is 0. The van der Waals surface area contributed by atoms with E-state index >= 15 is 0 Å². The fourth-order valence-corrected chi connectivity index (χ4v) is 2.76. The second kappa shape index (κ2) is 4.51. The minimum absolute atomic E-state index is 0.290. The second-order valence-electron chi connectivity index (χ2n) is 5.14. The molecule has 0 spiro atoms. The van der Waals surface area contributed by atoms with E-state index in [1.807, 2.05) is 0 Å².